The average Bonchev–Trinajstić information content (AvgIpc) is 2.67. The second kappa shape index (κ2) is 5.27. The maximum absolute atomic E-state index is 12.0. The minimum Gasteiger partial charge on any atom is -0.496 e. The van der Waals surface area contributed by atoms with Crippen molar-refractivity contribution in [3.8, 4) is 5.75 Å². The summed E-state index contributed by atoms with van der Waals surface area (Å²) in [6.07, 6.45) is 0. The van der Waals surface area contributed by atoms with Gasteiger partial charge in [0, 0.05) is 32.2 Å². The van der Waals surface area contributed by atoms with Crippen LogP contribution in [0, 0.1) is 0 Å². The molecule has 5 heteroatoms. The summed E-state index contributed by atoms with van der Waals surface area (Å²) in [6, 6.07) is 7.84. The van der Waals surface area contributed by atoms with Gasteiger partial charge in [-0.2, -0.15) is 0 Å². The van der Waals surface area contributed by atoms with Crippen molar-refractivity contribution in [2.24, 2.45) is 5.73 Å². The number of nitrogens with zero attached hydrogens (tertiary/aromatic N) is 2. The van der Waals surface area contributed by atoms with Crippen molar-refractivity contribution in [2.75, 3.05) is 33.8 Å². The zero-order valence-electron chi connectivity index (χ0n) is 10.8. The first-order chi connectivity index (χ1) is 8.69. The van der Waals surface area contributed by atoms with Crippen LogP contribution in [0.5, 0.6) is 5.75 Å². The van der Waals surface area contributed by atoms with Crippen molar-refractivity contribution in [1.82, 2.24) is 9.80 Å². The van der Waals surface area contributed by atoms with Crippen molar-refractivity contribution in [2.45, 2.75) is 6.04 Å². The van der Waals surface area contributed by atoms with Gasteiger partial charge in [-0.1, -0.05) is 18.2 Å². The van der Waals surface area contributed by atoms with E-state index in [2.05, 4.69) is 0 Å². The van der Waals surface area contributed by atoms with Gasteiger partial charge in [0.25, 0.3) is 0 Å². The average molecular weight is 249 g/mol. The highest BCUT2D eigenvalue weighted by atomic mass is 16.5. The van der Waals surface area contributed by atoms with Gasteiger partial charge < -0.3 is 20.3 Å². The summed E-state index contributed by atoms with van der Waals surface area (Å²) in [5.74, 6) is 0.813. The second-order valence-electron chi connectivity index (χ2n) is 4.40. The molecule has 1 heterocycles. The molecule has 1 atom stereocenters. The smallest absolute Gasteiger partial charge is 0.320 e. The molecule has 2 N–H and O–H groups in total. The summed E-state index contributed by atoms with van der Waals surface area (Å²) in [5.41, 5.74) is 6.62. The molecule has 1 unspecified atom stereocenters. The molecule has 0 radical (unpaired) electrons. The van der Waals surface area contributed by atoms with E-state index in [4.69, 9.17) is 10.5 Å². The van der Waals surface area contributed by atoms with Gasteiger partial charge in [-0.05, 0) is 6.07 Å². The van der Waals surface area contributed by atoms with Gasteiger partial charge in [-0.15, -0.1) is 0 Å². The third kappa shape index (κ3) is 2.13. The number of nitrogens with two attached hydrogens (primary N) is 1. The van der Waals surface area contributed by atoms with Gasteiger partial charge >= 0.3 is 6.03 Å². The molecule has 98 valence electrons. The van der Waals surface area contributed by atoms with Crippen molar-refractivity contribution in [1.29, 1.82) is 0 Å². The molecule has 1 saturated heterocycles. The van der Waals surface area contributed by atoms with Crippen LogP contribution in [0.25, 0.3) is 0 Å². The van der Waals surface area contributed by atoms with Crippen LogP contribution in [-0.4, -0.2) is 49.6 Å². The molecular formula is C13H19N3O2. The maximum Gasteiger partial charge on any atom is 0.320 e. The molecule has 18 heavy (non-hydrogen) atoms. The van der Waals surface area contributed by atoms with Crippen LogP contribution in [0.15, 0.2) is 24.3 Å². The number of carbonyl (C=O) groups excluding carboxylic acids is 1. The van der Waals surface area contributed by atoms with Gasteiger partial charge in [0.1, 0.15) is 5.75 Å². The highest BCUT2D eigenvalue weighted by Crippen LogP contribution is 2.33. The van der Waals surface area contributed by atoms with Crippen LogP contribution in [-0.2, 0) is 0 Å². The standard InChI is InChI=1S/C13H19N3O2/c1-15-9-11(16(8-7-14)13(15)17)10-5-3-4-6-12(10)18-2/h3-6,11H,7-9,14H2,1-2H3. The van der Waals surface area contributed by atoms with Crippen LogP contribution in [0.2, 0.25) is 0 Å². The summed E-state index contributed by atoms with van der Waals surface area (Å²) in [6.45, 7) is 1.69. The fourth-order valence-electron chi connectivity index (χ4n) is 2.39. The second-order valence-corrected chi connectivity index (χ2v) is 4.40. The molecule has 1 aliphatic rings. The molecule has 0 aromatic heterocycles. The van der Waals surface area contributed by atoms with Crippen molar-refractivity contribution >= 4 is 6.03 Å². The summed E-state index contributed by atoms with van der Waals surface area (Å²) in [4.78, 5) is 15.6. The van der Waals surface area contributed by atoms with E-state index >= 15 is 0 Å². The fourth-order valence-corrected chi connectivity index (χ4v) is 2.39. The van der Waals surface area contributed by atoms with E-state index in [9.17, 15) is 4.79 Å². The van der Waals surface area contributed by atoms with E-state index in [0.717, 1.165) is 11.3 Å². The zero-order chi connectivity index (χ0) is 13.1. The molecule has 1 aromatic carbocycles. The first-order valence-electron chi connectivity index (χ1n) is 6.03. The number of benzene rings is 1. The number of para-hydroxylation sites is 1. The largest absolute Gasteiger partial charge is 0.496 e. The van der Waals surface area contributed by atoms with Crippen molar-refractivity contribution in [3.05, 3.63) is 29.8 Å². The van der Waals surface area contributed by atoms with Crippen LogP contribution in [0.3, 0.4) is 0 Å². The van der Waals surface area contributed by atoms with Crippen molar-refractivity contribution < 1.29 is 9.53 Å². The number of urea groups is 1. The summed E-state index contributed by atoms with van der Waals surface area (Å²) < 4.78 is 5.37. The van der Waals surface area contributed by atoms with Crippen molar-refractivity contribution in [3.63, 3.8) is 0 Å². The van der Waals surface area contributed by atoms with E-state index < -0.39 is 0 Å². The van der Waals surface area contributed by atoms with Gasteiger partial charge in [0.15, 0.2) is 0 Å². The topological polar surface area (TPSA) is 58.8 Å². The number of hydrogen-bond donors (Lipinski definition) is 1. The van der Waals surface area contributed by atoms with Gasteiger partial charge in [-0.25, -0.2) is 4.79 Å². The van der Waals surface area contributed by atoms with E-state index in [-0.39, 0.29) is 12.1 Å². The lowest BCUT2D eigenvalue weighted by molar-refractivity contribution is 0.192. The zero-order valence-corrected chi connectivity index (χ0v) is 10.8. The number of amides is 2. The molecule has 1 fully saturated rings. The number of methoxy groups -OCH3 is 1. The molecular weight excluding hydrogens is 230 g/mol. The molecule has 1 aliphatic heterocycles. The predicted molar refractivity (Wildman–Crippen MR) is 69.5 cm³/mol. The summed E-state index contributed by atoms with van der Waals surface area (Å²) >= 11 is 0. The molecule has 5 nitrogen and oxygen atoms in total. The van der Waals surface area contributed by atoms with E-state index in [1.165, 1.54) is 0 Å². The Morgan fingerprint density at radius 3 is 2.83 bits per heavy atom. The summed E-state index contributed by atoms with van der Waals surface area (Å²) in [5, 5.41) is 0. The molecule has 2 rings (SSSR count). The lowest BCUT2D eigenvalue weighted by atomic mass is 10.1. The Bertz CT molecular complexity index is 436. The van der Waals surface area contributed by atoms with Crippen LogP contribution >= 0.6 is 0 Å². The molecule has 0 bridgehead atoms. The molecule has 0 saturated carbocycles. The van der Waals surface area contributed by atoms with Crippen LogP contribution in [0.4, 0.5) is 4.79 Å². The highest BCUT2D eigenvalue weighted by Gasteiger charge is 2.36. The SMILES string of the molecule is COc1ccccc1C1CN(C)C(=O)N1CCN. The minimum absolute atomic E-state index is 0.0159. The lowest BCUT2D eigenvalue weighted by Gasteiger charge is -2.24. The first-order valence-corrected chi connectivity index (χ1v) is 6.03. The van der Waals surface area contributed by atoms with E-state index in [1.807, 2.05) is 24.3 Å². The van der Waals surface area contributed by atoms with E-state index in [1.54, 1.807) is 24.0 Å². The van der Waals surface area contributed by atoms with Crippen LogP contribution < -0.4 is 10.5 Å². The monoisotopic (exact) mass is 249 g/mol. The number of likely N-dealkylation sites (N-methyl/N-ethyl adjacent to an activating group) is 1. The Morgan fingerprint density at radius 2 is 2.17 bits per heavy atom. The minimum atomic E-state index is 0.0159. The molecule has 1 aromatic rings. The molecule has 0 spiro atoms. The number of rotatable bonds is 4. The maximum atomic E-state index is 12.0. The third-order valence-corrected chi connectivity index (χ3v) is 3.26. The summed E-state index contributed by atoms with van der Waals surface area (Å²) in [7, 11) is 3.45. The van der Waals surface area contributed by atoms with Gasteiger partial charge in [0.05, 0.1) is 13.2 Å². The number of hydrogen-bond acceptors (Lipinski definition) is 3. The van der Waals surface area contributed by atoms with Crippen LogP contribution in [0.1, 0.15) is 11.6 Å². The Balaban J connectivity index is 2.33. The Labute approximate surface area is 107 Å². The normalized spacial score (nSPS) is 19.5. The third-order valence-electron chi connectivity index (χ3n) is 3.26. The number of ether oxygens (including phenoxy) is 1. The molecule has 0 aliphatic carbocycles. The number of carbonyl (C=O) groups is 1. The Kier molecular flexibility index (Phi) is 3.72. The van der Waals surface area contributed by atoms with Gasteiger partial charge in [0.2, 0.25) is 0 Å². The lowest BCUT2D eigenvalue weighted by Crippen LogP contribution is -2.34. The highest BCUT2D eigenvalue weighted by molar-refractivity contribution is 5.77. The Hall–Kier alpha value is -1.75. The predicted octanol–water partition coefficient (Wildman–Crippen LogP) is 1.06. The van der Waals surface area contributed by atoms with Gasteiger partial charge in [-0.3, -0.25) is 0 Å². The first kappa shape index (κ1) is 12.7. The fraction of sp³-hybridized carbons (Fsp3) is 0.462. The Morgan fingerprint density at radius 1 is 1.44 bits per heavy atom. The van der Waals surface area contributed by atoms with E-state index in [0.29, 0.717) is 19.6 Å². The molecule has 2 amide bonds. The quantitative estimate of drug-likeness (QED) is 0.868.